The molecule has 0 bridgehead atoms. The van der Waals surface area contributed by atoms with Crippen LogP contribution in [-0.4, -0.2) is 16.1 Å². The van der Waals surface area contributed by atoms with Crippen LogP contribution in [0, 0.1) is 0 Å². The zero-order valence-corrected chi connectivity index (χ0v) is 16.1. The lowest BCUT2D eigenvalue weighted by Gasteiger charge is -2.51. The molecule has 2 nitrogen and oxygen atoms in total. The summed E-state index contributed by atoms with van der Waals surface area (Å²) in [5.74, 6) is 0. The van der Waals surface area contributed by atoms with Crippen LogP contribution in [0.5, 0.6) is 0 Å². The van der Waals surface area contributed by atoms with Gasteiger partial charge >= 0.3 is 0 Å². The fourth-order valence-electron chi connectivity index (χ4n) is 3.22. The van der Waals surface area contributed by atoms with E-state index in [9.17, 15) is 0 Å². The minimum absolute atomic E-state index is 0.0128. The molecular weight excluding hydrogens is 282 g/mol. The summed E-state index contributed by atoms with van der Waals surface area (Å²) >= 11 is 0. The Morgan fingerprint density at radius 2 is 1.61 bits per heavy atom. The van der Waals surface area contributed by atoms with Crippen LogP contribution in [0.15, 0.2) is 42.5 Å². The molecule has 0 heterocycles. The number of nitrogens with zero attached hydrogens (tertiary/aromatic N) is 1. The summed E-state index contributed by atoms with van der Waals surface area (Å²) in [7, 11) is 0. The van der Waals surface area contributed by atoms with Crippen LogP contribution in [0.2, 0.25) is 0 Å². The summed E-state index contributed by atoms with van der Waals surface area (Å²) in [5, 5.41) is 2.24. The second kappa shape index (κ2) is 8.12. The van der Waals surface area contributed by atoms with Crippen LogP contribution in [-0.2, 0) is 4.84 Å². The zero-order valence-electron chi connectivity index (χ0n) is 16.1. The van der Waals surface area contributed by atoms with E-state index in [1.807, 2.05) is 6.07 Å². The molecule has 0 fully saturated rings. The van der Waals surface area contributed by atoms with Gasteiger partial charge in [0.1, 0.15) is 6.10 Å². The molecule has 1 aromatic rings. The van der Waals surface area contributed by atoms with Gasteiger partial charge in [0.25, 0.3) is 0 Å². The van der Waals surface area contributed by atoms with E-state index >= 15 is 0 Å². The Labute approximate surface area is 143 Å². The molecule has 0 saturated carbocycles. The second-order valence-electron chi connectivity index (χ2n) is 7.14. The van der Waals surface area contributed by atoms with Gasteiger partial charge in [0.15, 0.2) is 0 Å². The van der Waals surface area contributed by atoms with Gasteiger partial charge in [0.2, 0.25) is 0 Å². The molecule has 0 aliphatic rings. The van der Waals surface area contributed by atoms with E-state index < -0.39 is 0 Å². The molecule has 0 N–H and O–H groups in total. The van der Waals surface area contributed by atoms with E-state index in [2.05, 4.69) is 84.4 Å². The molecule has 0 aromatic heterocycles. The maximum atomic E-state index is 6.57. The Morgan fingerprint density at radius 1 is 1.09 bits per heavy atom. The summed E-state index contributed by atoms with van der Waals surface area (Å²) in [6.45, 7) is 19.7. The number of rotatable bonds is 9. The van der Waals surface area contributed by atoms with E-state index in [1.54, 1.807) is 0 Å². The topological polar surface area (TPSA) is 12.5 Å². The Bertz CT molecular complexity index is 488. The smallest absolute Gasteiger partial charge is 0.102 e. The normalized spacial score (nSPS) is 14.1. The summed E-state index contributed by atoms with van der Waals surface area (Å²) in [5.41, 5.74) is 2.17. The highest BCUT2D eigenvalue weighted by Gasteiger charge is 2.43. The van der Waals surface area contributed by atoms with E-state index in [0.29, 0.717) is 0 Å². The van der Waals surface area contributed by atoms with Gasteiger partial charge in [-0.1, -0.05) is 63.3 Å². The van der Waals surface area contributed by atoms with Gasteiger partial charge in [0.05, 0.1) is 5.54 Å². The lowest BCUT2D eigenvalue weighted by Crippen LogP contribution is -2.58. The largest absolute Gasteiger partial charge is 0.290 e. The van der Waals surface area contributed by atoms with Crippen molar-refractivity contribution in [1.82, 2.24) is 5.06 Å². The SMILES string of the molecule is C=C(C)C(CC)(CC)N(OC(C)c1ccccc1)C(C)(C)CC. The van der Waals surface area contributed by atoms with Crippen LogP contribution in [0.25, 0.3) is 0 Å². The number of hydrogen-bond acceptors (Lipinski definition) is 2. The summed E-state index contributed by atoms with van der Waals surface area (Å²) < 4.78 is 0. The minimum atomic E-state index is -0.136. The van der Waals surface area contributed by atoms with Crippen LogP contribution < -0.4 is 0 Å². The average Bonchev–Trinajstić information content (AvgIpc) is 2.55. The van der Waals surface area contributed by atoms with Crippen molar-refractivity contribution in [2.75, 3.05) is 0 Å². The molecule has 0 saturated heterocycles. The van der Waals surface area contributed by atoms with Crippen LogP contribution in [0.4, 0.5) is 0 Å². The van der Waals surface area contributed by atoms with Crippen molar-refractivity contribution in [3.63, 3.8) is 0 Å². The van der Waals surface area contributed by atoms with Crippen molar-refractivity contribution in [3.05, 3.63) is 48.0 Å². The monoisotopic (exact) mass is 317 g/mol. The zero-order chi connectivity index (χ0) is 17.7. The van der Waals surface area contributed by atoms with Gasteiger partial charge in [-0.3, -0.25) is 4.84 Å². The van der Waals surface area contributed by atoms with Crippen LogP contribution in [0.1, 0.15) is 79.4 Å². The van der Waals surface area contributed by atoms with E-state index in [1.165, 1.54) is 11.1 Å². The summed E-state index contributed by atoms with van der Waals surface area (Å²) in [4.78, 5) is 6.57. The average molecular weight is 318 g/mol. The van der Waals surface area contributed by atoms with Gasteiger partial charge in [-0.25, -0.2) is 0 Å². The fraction of sp³-hybridized carbons (Fsp3) is 0.619. The highest BCUT2D eigenvalue weighted by Crippen LogP contribution is 2.40. The molecule has 0 spiro atoms. The Balaban J connectivity index is 3.23. The third-order valence-corrected chi connectivity index (χ3v) is 5.30. The molecule has 1 unspecified atom stereocenters. The molecular formula is C21H35NO. The standard InChI is InChI=1S/C21H35NO/c1-9-20(7,8)22(21(10-2,11-3)17(4)5)23-18(6)19-15-13-12-14-16-19/h12-16,18H,4,9-11H2,1-3,5-8H3. The molecule has 130 valence electrons. The molecule has 1 rings (SSSR count). The lowest BCUT2D eigenvalue weighted by atomic mass is 9.82. The molecule has 23 heavy (non-hydrogen) atoms. The second-order valence-corrected chi connectivity index (χ2v) is 7.14. The molecule has 1 aromatic carbocycles. The van der Waals surface area contributed by atoms with Crippen molar-refractivity contribution in [1.29, 1.82) is 0 Å². The molecule has 0 radical (unpaired) electrons. The van der Waals surface area contributed by atoms with Crippen molar-refractivity contribution >= 4 is 0 Å². The van der Waals surface area contributed by atoms with Crippen LogP contribution >= 0.6 is 0 Å². The lowest BCUT2D eigenvalue weighted by molar-refractivity contribution is -0.291. The van der Waals surface area contributed by atoms with Crippen molar-refractivity contribution < 1.29 is 4.84 Å². The Kier molecular flexibility index (Phi) is 7.03. The van der Waals surface area contributed by atoms with Crippen molar-refractivity contribution in [2.24, 2.45) is 0 Å². The predicted octanol–water partition coefficient (Wildman–Crippen LogP) is 6.30. The first-order valence-electron chi connectivity index (χ1n) is 8.93. The van der Waals surface area contributed by atoms with E-state index in [0.717, 1.165) is 19.3 Å². The predicted molar refractivity (Wildman–Crippen MR) is 100 cm³/mol. The summed E-state index contributed by atoms with van der Waals surface area (Å²) in [6.07, 6.45) is 3.01. The molecule has 1 atom stereocenters. The van der Waals surface area contributed by atoms with Crippen LogP contribution in [0.3, 0.4) is 0 Å². The van der Waals surface area contributed by atoms with E-state index in [4.69, 9.17) is 4.84 Å². The van der Waals surface area contributed by atoms with Gasteiger partial charge in [0, 0.05) is 5.54 Å². The Hall–Kier alpha value is -1.12. The van der Waals surface area contributed by atoms with Crippen molar-refractivity contribution in [3.8, 4) is 0 Å². The molecule has 2 heteroatoms. The maximum absolute atomic E-state index is 6.57. The molecule has 0 aliphatic heterocycles. The first-order valence-corrected chi connectivity index (χ1v) is 8.93. The van der Waals surface area contributed by atoms with Gasteiger partial charge < -0.3 is 0 Å². The van der Waals surface area contributed by atoms with Gasteiger partial charge in [-0.05, 0) is 52.5 Å². The number of hydroxylamine groups is 2. The summed E-state index contributed by atoms with van der Waals surface area (Å²) in [6, 6.07) is 10.4. The third kappa shape index (κ3) is 4.24. The maximum Gasteiger partial charge on any atom is 0.102 e. The quantitative estimate of drug-likeness (QED) is 0.391. The Morgan fingerprint density at radius 3 is 2.00 bits per heavy atom. The first-order chi connectivity index (χ1) is 10.7. The first kappa shape index (κ1) is 19.9. The van der Waals surface area contributed by atoms with E-state index in [-0.39, 0.29) is 17.2 Å². The molecule has 0 aliphatic carbocycles. The van der Waals surface area contributed by atoms with Crippen molar-refractivity contribution in [2.45, 2.75) is 84.9 Å². The van der Waals surface area contributed by atoms with Gasteiger partial charge in [-0.15, -0.1) is 0 Å². The highest BCUT2D eigenvalue weighted by molar-refractivity contribution is 5.18. The van der Waals surface area contributed by atoms with Gasteiger partial charge in [-0.2, -0.15) is 5.06 Å². The minimum Gasteiger partial charge on any atom is -0.290 e. The number of hydrogen-bond donors (Lipinski definition) is 0. The fourth-order valence-corrected chi connectivity index (χ4v) is 3.22. The third-order valence-electron chi connectivity index (χ3n) is 5.30. The number of benzene rings is 1. The highest BCUT2D eigenvalue weighted by atomic mass is 16.7. The molecule has 0 amide bonds.